The fourth-order valence-electron chi connectivity index (χ4n) is 3.22. The minimum atomic E-state index is -1.01. The van der Waals surface area contributed by atoms with Crippen LogP contribution in [-0.4, -0.2) is 34.5 Å². The first-order chi connectivity index (χ1) is 12.5. The molecule has 0 bridgehead atoms. The van der Waals surface area contributed by atoms with Gasteiger partial charge < -0.3 is 14.7 Å². The zero-order valence-electron chi connectivity index (χ0n) is 15.0. The average Bonchev–Trinajstić information content (AvgIpc) is 2.65. The highest BCUT2D eigenvalue weighted by molar-refractivity contribution is 5.97. The molecule has 0 aliphatic carbocycles. The van der Waals surface area contributed by atoms with Crippen LogP contribution >= 0.6 is 0 Å². The number of hydrogen-bond acceptors (Lipinski definition) is 3. The van der Waals surface area contributed by atoms with E-state index in [2.05, 4.69) is 0 Å². The van der Waals surface area contributed by atoms with Crippen LogP contribution in [0.1, 0.15) is 46.9 Å². The normalized spacial score (nSPS) is 16.4. The van der Waals surface area contributed by atoms with Crippen LogP contribution in [0.4, 0.5) is 0 Å². The first kappa shape index (κ1) is 18.1. The van der Waals surface area contributed by atoms with E-state index >= 15 is 0 Å². The molecule has 1 amide bonds. The molecular weight excluding hydrogens is 330 g/mol. The van der Waals surface area contributed by atoms with Crippen molar-refractivity contribution in [3.8, 4) is 0 Å². The maximum Gasteiger partial charge on any atom is 0.331 e. The summed E-state index contributed by atoms with van der Waals surface area (Å²) in [7, 11) is 0. The maximum absolute atomic E-state index is 12.9. The highest BCUT2D eigenvalue weighted by Crippen LogP contribution is 2.31. The summed E-state index contributed by atoms with van der Waals surface area (Å²) in [6.07, 6.45) is 0.799. The van der Waals surface area contributed by atoms with E-state index in [-0.39, 0.29) is 12.0 Å². The topological polar surface area (TPSA) is 66.8 Å². The molecule has 1 atom stereocenters. The number of hydrogen-bond donors (Lipinski definition) is 1. The number of aliphatic carboxylic acids is 1. The highest BCUT2D eigenvalue weighted by atomic mass is 16.5. The minimum Gasteiger partial charge on any atom is -0.479 e. The molecule has 26 heavy (non-hydrogen) atoms. The van der Waals surface area contributed by atoms with Gasteiger partial charge in [-0.15, -0.1) is 0 Å². The molecular formula is C21H23NO4. The van der Waals surface area contributed by atoms with Crippen molar-refractivity contribution in [2.45, 2.75) is 39.0 Å². The summed E-state index contributed by atoms with van der Waals surface area (Å²) in [5.41, 5.74) is 3.16. The summed E-state index contributed by atoms with van der Waals surface area (Å²) in [4.78, 5) is 26.2. The molecule has 1 aliphatic rings. The zero-order chi connectivity index (χ0) is 18.7. The van der Waals surface area contributed by atoms with Gasteiger partial charge in [0.1, 0.15) is 0 Å². The van der Waals surface area contributed by atoms with Crippen molar-refractivity contribution in [1.29, 1.82) is 0 Å². The number of nitrogens with zero attached hydrogens (tertiary/aromatic N) is 1. The summed E-state index contributed by atoms with van der Waals surface area (Å²) >= 11 is 0. The van der Waals surface area contributed by atoms with E-state index in [9.17, 15) is 14.7 Å². The van der Waals surface area contributed by atoms with Crippen molar-refractivity contribution in [3.63, 3.8) is 0 Å². The Labute approximate surface area is 153 Å². The number of amides is 1. The summed E-state index contributed by atoms with van der Waals surface area (Å²) < 4.78 is 5.56. The third-order valence-corrected chi connectivity index (χ3v) is 4.56. The van der Waals surface area contributed by atoms with Crippen molar-refractivity contribution in [2.75, 3.05) is 6.54 Å². The minimum absolute atomic E-state index is 0.140. The second kappa shape index (κ2) is 7.70. The van der Waals surface area contributed by atoms with Gasteiger partial charge in [0.05, 0.1) is 12.7 Å². The molecule has 0 saturated carbocycles. The second-order valence-electron chi connectivity index (χ2n) is 6.74. The van der Waals surface area contributed by atoms with Gasteiger partial charge in [0.15, 0.2) is 6.04 Å². The predicted molar refractivity (Wildman–Crippen MR) is 97.9 cm³/mol. The van der Waals surface area contributed by atoms with Crippen LogP contribution < -0.4 is 0 Å². The predicted octanol–water partition coefficient (Wildman–Crippen LogP) is 3.44. The fraction of sp³-hybridized carbons (Fsp3) is 0.333. The van der Waals surface area contributed by atoms with E-state index in [1.807, 2.05) is 44.2 Å². The SMILES string of the molecule is CC(C)OCc1ccc(C(=O)N2CCc3ccccc3C2C(=O)O)cc1. The van der Waals surface area contributed by atoms with E-state index in [0.29, 0.717) is 30.7 Å². The molecule has 3 rings (SSSR count). The van der Waals surface area contributed by atoms with Gasteiger partial charge in [-0.1, -0.05) is 36.4 Å². The van der Waals surface area contributed by atoms with Crippen LogP contribution in [0.5, 0.6) is 0 Å². The molecule has 1 N–H and O–H groups in total. The van der Waals surface area contributed by atoms with Crippen LogP contribution in [-0.2, 0) is 22.6 Å². The number of carboxylic acid groups (broad SMARTS) is 1. The second-order valence-corrected chi connectivity index (χ2v) is 6.74. The van der Waals surface area contributed by atoms with E-state index in [1.54, 1.807) is 18.2 Å². The van der Waals surface area contributed by atoms with Crippen LogP contribution in [0.15, 0.2) is 48.5 Å². The lowest BCUT2D eigenvalue weighted by Gasteiger charge is -2.34. The Hall–Kier alpha value is -2.66. The van der Waals surface area contributed by atoms with E-state index in [0.717, 1.165) is 11.1 Å². The van der Waals surface area contributed by atoms with Crippen molar-refractivity contribution in [3.05, 3.63) is 70.8 Å². The molecule has 1 aliphatic heterocycles. The van der Waals surface area contributed by atoms with Gasteiger partial charge in [-0.3, -0.25) is 4.79 Å². The fourth-order valence-corrected chi connectivity index (χ4v) is 3.22. The van der Waals surface area contributed by atoms with Crippen molar-refractivity contribution < 1.29 is 19.4 Å². The van der Waals surface area contributed by atoms with Gasteiger partial charge >= 0.3 is 5.97 Å². The third kappa shape index (κ3) is 3.78. The lowest BCUT2D eigenvalue weighted by molar-refractivity contribution is -0.143. The molecule has 0 aromatic heterocycles. The third-order valence-electron chi connectivity index (χ3n) is 4.56. The van der Waals surface area contributed by atoms with Crippen molar-refractivity contribution in [2.24, 2.45) is 0 Å². The van der Waals surface area contributed by atoms with Crippen molar-refractivity contribution >= 4 is 11.9 Å². The lowest BCUT2D eigenvalue weighted by atomic mass is 9.92. The molecule has 1 unspecified atom stereocenters. The number of carbonyl (C=O) groups excluding carboxylic acids is 1. The number of benzene rings is 2. The van der Waals surface area contributed by atoms with Gasteiger partial charge in [0, 0.05) is 12.1 Å². The molecule has 5 heteroatoms. The van der Waals surface area contributed by atoms with E-state index in [1.165, 1.54) is 4.90 Å². The Morgan fingerprint density at radius 1 is 1.15 bits per heavy atom. The van der Waals surface area contributed by atoms with Gasteiger partial charge in [-0.25, -0.2) is 4.79 Å². The van der Waals surface area contributed by atoms with Crippen LogP contribution in [0, 0.1) is 0 Å². The largest absolute Gasteiger partial charge is 0.479 e. The van der Waals surface area contributed by atoms with Gasteiger partial charge in [-0.05, 0) is 49.1 Å². The molecule has 2 aromatic carbocycles. The number of ether oxygens (including phenoxy) is 1. The quantitative estimate of drug-likeness (QED) is 0.894. The monoisotopic (exact) mass is 353 g/mol. The Bertz CT molecular complexity index is 798. The summed E-state index contributed by atoms with van der Waals surface area (Å²) in [6.45, 7) is 4.82. The van der Waals surface area contributed by atoms with Gasteiger partial charge in [-0.2, -0.15) is 0 Å². The summed E-state index contributed by atoms with van der Waals surface area (Å²) in [6, 6.07) is 13.7. The van der Waals surface area contributed by atoms with Crippen LogP contribution in [0.2, 0.25) is 0 Å². The highest BCUT2D eigenvalue weighted by Gasteiger charge is 2.36. The molecule has 5 nitrogen and oxygen atoms in total. The van der Waals surface area contributed by atoms with Crippen LogP contribution in [0.25, 0.3) is 0 Å². The smallest absolute Gasteiger partial charge is 0.331 e. The van der Waals surface area contributed by atoms with E-state index in [4.69, 9.17) is 4.74 Å². The van der Waals surface area contributed by atoms with Crippen LogP contribution in [0.3, 0.4) is 0 Å². The van der Waals surface area contributed by atoms with Crippen molar-refractivity contribution in [1.82, 2.24) is 4.90 Å². The molecule has 0 fully saturated rings. The number of carbonyl (C=O) groups is 2. The zero-order valence-corrected chi connectivity index (χ0v) is 15.0. The number of rotatable bonds is 5. The average molecular weight is 353 g/mol. The molecule has 0 spiro atoms. The molecule has 1 heterocycles. The Balaban J connectivity index is 1.81. The standard InChI is InChI=1S/C21H23NO4/c1-14(2)26-13-15-7-9-17(10-8-15)20(23)22-12-11-16-5-3-4-6-18(16)19(22)21(24)25/h3-10,14,19H,11-13H2,1-2H3,(H,24,25). The molecule has 0 saturated heterocycles. The number of fused-ring (bicyclic) bond motifs is 1. The Morgan fingerprint density at radius 2 is 1.85 bits per heavy atom. The summed E-state index contributed by atoms with van der Waals surface area (Å²) in [5, 5.41) is 9.71. The van der Waals surface area contributed by atoms with E-state index < -0.39 is 12.0 Å². The van der Waals surface area contributed by atoms with Gasteiger partial charge in [0.2, 0.25) is 0 Å². The lowest BCUT2D eigenvalue weighted by Crippen LogP contribution is -2.43. The maximum atomic E-state index is 12.9. The summed E-state index contributed by atoms with van der Waals surface area (Å²) in [5.74, 6) is -1.27. The molecule has 136 valence electrons. The Morgan fingerprint density at radius 3 is 2.50 bits per heavy atom. The number of carboxylic acids is 1. The van der Waals surface area contributed by atoms with Gasteiger partial charge in [0.25, 0.3) is 5.91 Å². The first-order valence-electron chi connectivity index (χ1n) is 8.79. The first-order valence-corrected chi connectivity index (χ1v) is 8.79. The Kier molecular flexibility index (Phi) is 5.38. The molecule has 2 aromatic rings. The molecule has 0 radical (unpaired) electrons.